The van der Waals surface area contributed by atoms with Crippen LogP contribution < -0.4 is 11.0 Å². The fraction of sp³-hybridized carbons (Fsp3) is 0.300. The third-order valence-corrected chi connectivity index (χ3v) is 7.81. The molecule has 1 unspecified atom stereocenters. The van der Waals surface area contributed by atoms with Gasteiger partial charge in [-0.1, -0.05) is 52.5 Å². The van der Waals surface area contributed by atoms with Gasteiger partial charge in [-0.15, -0.1) is 0 Å². The van der Waals surface area contributed by atoms with Crippen molar-refractivity contribution < 1.29 is 22.8 Å². The SMILES string of the molecule is O=C(CC1CCCN(S(=O)(=O)c2ccccc2Cl)C1)ONNC(=O)c1ccc(Cl)cc1Cl. The lowest BCUT2D eigenvalue weighted by atomic mass is 9.96. The van der Waals surface area contributed by atoms with E-state index >= 15 is 0 Å². The lowest BCUT2D eigenvalue weighted by molar-refractivity contribution is -0.154. The van der Waals surface area contributed by atoms with Gasteiger partial charge in [-0.05, 0) is 49.1 Å². The Labute approximate surface area is 200 Å². The maximum Gasteiger partial charge on any atom is 0.327 e. The topological polar surface area (TPSA) is 105 Å². The molecule has 1 aliphatic heterocycles. The molecule has 1 aliphatic rings. The molecule has 32 heavy (non-hydrogen) atoms. The summed E-state index contributed by atoms with van der Waals surface area (Å²) in [6.07, 6.45) is 1.23. The Morgan fingerprint density at radius 1 is 1.09 bits per heavy atom. The van der Waals surface area contributed by atoms with Crippen molar-refractivity contribution in [3.63, 3.8) is 0 Å². The van der Waals surface area contributed by atoms with Crippen LogP contribution in [0.5, 0.6) is 0 Å². The van der Waals surface area contributed by atoms with Crippen molar-refractivity contribution in [2.75, 3.05) is 13.1 Å². The highest BCUT2D eigenvalue weighted by Gasteiger charge is 2.32. The molecule has 1 atom stereocenters. The Morgan fingerprint density at radius 3 is 2.56 bits per heavy atom. The fourth-order valence-corrected chi connectivity index (χ4v) is 5.89. The largest absolute Gasteiger partial charge is 0.351 e. The monoisotopic (exact) mass is 519 g/mol. The number of carbonyl (C=O) groups excluding carboxylic acids is 2. The zero-order valence-corrected chi connectivity index (χ0v) is 19.8. The predicted molar refractivity (Wildman–Crippen MR) is 121 cm³/mol. The molecule has 0 saturated carbocycles. The molecule has 0 aromatic heterocycles. The zero-order chi connectivity index (χ0) is 23.3. The normalized spacial score (nSPS) is 17.0. The summed E-state index contributed by atoms with van der Waals surface area (Å²) in [5.74, 6) is -1.50. The van der Waals surface area contributed by atoms with E-state index in [9.17, 15) is 18.0 Å². The van der Waals surface area contributed by atoms with Gasteiger partial charge >= 0.3 is 5.97 Å². The maximum absolute atomic E-state index is 12.9. The Morgan fingerprint density at radius 2 is 1.84 bits per heavy atom. The summed E-state index contributed by atoms with van der Waals surface area (Å²) in [4.78, 5) is 29.1. The number of piperidine rings is 1. The molecule has 0 bridgehead atoms. The zero-order valence-electron chi connectivity index (χ0n) is 16.7. The molecule has 0 spiro atoms. The van der Waals surface area contributed by atoms with Crippen LogP contribution in [0.3, 0.4) is 0 Å². The first-order valence-electron chi connectivity index (χ1n) is 9.63. The molecule has 1 amide bonds. The second-order valence-electron chi connectivity index (χ2n) is 7.16. The second kappa shape index (κ2) is 10.8. The van der Waals surface area contributed by atoms with Crippen LogP contribution in [0.25, 0.3) is 0 Å². The summed E-state index contributed by atoms with van der Waals surface area (Å²) in [5, 5.41) is 0.670. The van der Waals surface area contributed by atoms with Crippen LogP contribution in [0.2, 0.25) is 15.1 Å². The Balaban J connectivity index is 1.51. The van der Waals surface area contributed by atoms with Gasteiger partial charge in [0, 0.05) is 18.1 Å². The first-order valence-corrected chi connectivity index (χ1v) is 12.2. The average Bonchev–Trinajstić information content (AvgIpc) is 2.74. The molecule has 1 saturated heterocycles. The lowest BCUT2D eigenvalue weighted by Gasteiger charge is -2.31. The minimum absolute atomic E-state index is 0.0287. The van der Waals surface area contributed by atoms with Crippen molar-refractivity contribution in [1.29, 1.82) is 0 Å². The number of carbonyl (C=O) groups is 2. The molecule has 0 radical (unpaired) electrons. The number of amides is 1. The first-order chi connectivity index (χ1) is 15.2. The smallest absolute Gasteiger partial charge is 0.327 e. The van der Waals surface area contributed by atoms with Crippen LogP contribution in [-0.4, -0.2) is 37.7 Å². The van der Waals surface area contributed by atoms with Crippen molar-refractivity contribution in [3.8, 4) is 0 Å². The van der Waals surface area contributed by atoms with E-state index in [2.05, 4.69) is 11.0 Å². The number of halogens is 3. The van der Waals surface area contributed by atoms with Gasteiger partial charge in [0.2, 0.25) is 10.0 Å². The van der Waals surface area contributed by atoms with E-state index < -0.39 is 21.9 Å². The number of nitrogens with zero attached hydrogens (tertiary/aromatic N) is 1. The van der Waals surface area contributed by atoms with Crippen LogP contribution >= 0.6 is 34.8 Å². The van der Waals surface area contributed by atoms with E-state index in [1.165, 1.54) is 34.6 Å². The molecule has 3 rings (SSSR count). The summed E-state index contributed by atoms with van der Waals surface area (Å²) in [5.41, 5.74) is 4.45. The molecule has 8 nitrogen and oxygen atoms in total. The quantitative estimate of drug-likeness (QED) is 0.538. The molecule has 172 valence electrons. The summed E-state index contributed by atoms with van der Waals surface area (Å²) in [6, 6.07) is 10.6. The molecule has 2 aromatic carbocycles. The van der Waals surface area contributed by atoms with Gasteiger partial charge in [0.05, 0.1) is 22.0 Å². The van der Waals surface area contributed by atoms with Gasteiger partial charge in [-0.25, -0.2) is 8.42 Å². The Bertz CT molecular complexity index is 1110. The highest BCUT2D eigenvalue weighted by molar-refractivity contribution is 7.89. The van der Waals surface area contributed by atoms with Gasteiger partial charge in [0.15, 0.2) is 0 Å². The van der Waals surface area contributed by atoms with Gasteiger partial charge in [-0.2, -0.15) is 4.31 Å². The van der Waals surface area contributed by atoms with Crippen molar-refractivity contribution in [2.24, 2.45) is 5.92 Å². The molecule has 0 aliphatic carbocycles. The number of hydrogen-bond donors (Lipinski definition) is 2. The van der Waals surface area contributed by atoms with E-state index in [0.29, 0.717) is 24.4 Å². The molecule has 1 fully saturated rings. The van der Waals surface area contributed by atoms with E-state index in [1.54, 1.807) is 12.1 Å². The average molecular weight is 521 g/mol. The number of nitrogens with one attached hydrogen (secondary N) is 2. The molecule has 12 heteroatoms. The summed E-state index contributed by atoms with van der Waals surface area (Å²) in [7, 11) is -3.77. The predicted octanol–water partition coefficient (Wildman–Crippen LogP) is 3.83. The van der Waals surface area contributed by atoms with Crippen molar-refractivity contribution in [2.45, 2.75) is 24.2 Å². The van der Waals surface area contributed by atoms with E-state index in [4.69, 9.17) is 39.6 Å². The van der Waals surface area contributed by atoms with E-state index in [1.807, 2.05) is 0 Å². The van der Waals surface area contributed by atoms with E-state index in [0.717, 1.165) is 0 Å². The van der Waals surface area contributed by atoms with Crippen LogP contribution in [0.1, 0.15) is 29.6 Å². The number of hydrogen-bond acceptors (Lipinski definition) is 6. The molecule has 2 aromatic rings. The maximum atomic E-state index is 12.9. The third-order valence-electron chi connectivity index (χ3n) is 4.90. The van der Waals surface area contributed by atoms with Crippen molar-refractivity contribution in [3.05, 3.63) is 63.1 Å². The highest BCUT2D eigenvalue weighted by Crippen LogP contribution is 2.29. The number of hydrazine groups is 1. The Hall–Kier alpha value is -1.88. The van der Waals surface area contributed by atoms with Gasteiger partial charge in [0.1, 0.15) is 4.90 Å². The van der Waals surface area contributed by atoms with Crippen LogP contribution in [-0.2, 0) is 19.7 Å². The van der Waals surface area contributed by atoms with Crippen LogP contribution in [0, 0.1) is 5.92 Å². The summed E-state index contributed by atoms with van der Waals surface area (Å²) >= 11 is 17.8. The van der Waals surface area contributed by atoms with Crippen LogP contribution in [0.4, 0.5) is 0 Å². The number of benzene rings is 2. The standard InChI is InChI=1S/C20H20Cl3N3O5S/c21-14-7-8-15(17(23)11-14)20(28)24-25-31-19(27)10-13-4-3-9-26(12-13)32(29,30)18-6-2-1-5-16(18)22/h1-2,5-8,11,13,25H,3-4,9-10,12H2,(H,24,28). The summed E-state index contributed by atoms with van der Waals surface area (Å²) < 4.78 is 27.2. The lowest BCUT2D eigenvalue weighted by Crippen LogP contribution is -2.42. The first kappa shape index (κ1) is 24.8. The molecular formula is C20H20Cl3N3O5S. The second-order valence-corrected chi connectivity index (χ2v) is 10.3. The summed E-state index contributed by atoms with van der Waals surface area (Å²) in [6.45, 7) is 0.505. The Kier molecular flexibility index (Phi) is 8.37. The molecular weight excluding hydrogens is 501 g/mol. The van der Waals surface area contributed by atoms with Gasteiger partial charge in [-0.3, -0.25) is 15.0 Å². The third kappa shape index (κ3) is 6.12. The van der Waals surface area contributed by atoms with Gasteiger partial charge < -0.3 is 4.84 Å². The van der Waals surface area contributed by atoms with Crippen LogP contribution in [0.15, 0.2) is 47.4 Å². The van der Waals surface area contributed by atoms with Crippen molar-refractivity contribution in [1.82, 2.24) is 15.3 Å². The molecule has 2 N–H and O–H groups in total. The van der Waals surface area contributed by atoms with E-state index in [-0.39, 0.29) is 39.4 Å². The highest BCUT2D eigenvalue weighted by atomic mass is 35.5. The van der Waals surface area contributed by atoms with Crippen molar-refractivity contribution >= 4 is 56.7 Å². The van der Waals surface area contributed by atoms with Gasteiger partial charge in [0.25, 0.3) is 5.91 Å². The minimum atomic E-state index is -3.77. The number of rotatable bonds is 7. The minimum Gasteiger partial charge on any atom is -0.351 e. The number of sulfonamides is 1. The fourth-order valence-electron chi connectivity index (χ4n) is 3.35. The molecule has 1 heterocycles.